The summed E-state index contributed by atoms with van der Waals surface area (Å²) >= 11 is 0. The van der Waals surface area contributed by atoms with Gasteiger partial charge in [0.1, 0.15) is 0 Å². The van der Waals surface area contributed by atoms with Gasteiger partial charge in [-0.25, -0.2) is 0 Å². The number of anilines is 1. The Morgan fingerprint density at radius 3 is 2.48 bits per heavy atom. The second-order valence-electron chi connectivity index (χ2n) is 5.81. The van der Waals surface area contributed by atoms with Crippen molar-refractivity contribution in [2.75, 3.05) is 25.0 Å². The van der Waals surface area contributed by atoms with E-state index in [9.17, 15) is 4.79 Å². The molecule has 0 spiro atoms. The van der Waals surface area contributed by atoms with Crippen molar-refractivity contribution < 1.29 is 4.79 Å². The lowest BCUT2D eigenvalue weighted by atomic mass is 10.1. The third-order valence-corrected chi connectivity index (χ3v) is 4.11. The van der Waals surface area contributed by atoms with Crippen molar-refractivity contribution in [3.63, 3.8) is 0 Å². The third-order valence-electron chi connectivity index (χ3n) is 4.11. The summed E-state index contributed by atoms with van der Waals surface area (Å²) < 4.78 is 0. The monoisotopic (exact) mass is 289 g/mol. The van der Waals surface area contributed by atoms with E-state index in [1.165, 1.54) is 44.8 Å². The van der Waals surface area contributed by atoms with Crippen LogP contribution in [0, 0.1) is 0 Å². The van der Waals surface area contributed by atoms with E-state index in [1.54, 1.807) is 0 Å². The molecular formula is C17H27N3O. The van der Waals surface area contributed by atoms with E-state index in [2.05, 4.69) is 34.6 Å². The van der Waals surface area contributed by atoms with E-state index in [1.807, 2.05) is 12.1 Å². The lowest BCUT2D eigenvalue weighted by Gasteiger charge is -2.26. The van der Waals surface area contributed by atoms with Gasteiger partial charge in [0, 0.05) is 31.7 Å². The first kappa shape index (κ1) is 16.0. The number of nitrogens with one attached hydrogen (secondary N) is 2. The molecule has 0 radical (unpaired) electrons. The van der Waals surface area contributed by atoms with Gasteiger partial charge in [-0.2, -0.15) is 0 Å². The van der Waals surface area contributed by atoms with Gasteiger partial charge in [0.05, 0.1) is 0 Å². The van der Waals surface area contributed by atoms with Gasteiger partial charge in [0.25, 0.3) is 0 Å². The van der Waals surface area contributed by atoms with Gasteiger partial charge < -0.3 is 10.6 Å². The van der Waals surface area contributed by atoms with Crippen LogP contribution in [0.4, 0.5) is 5.69 Å². The van der Waals surface area contributed by atoms with E-state index >= 15 is 0 Å². The van der Waals surface area contributed by atoms with E-state index < -0.39 is 0 Å². The number of carbonyl (C=O) groups excluding carboxylic acids is 1. The van der Waals surface area contributed by atoms with Crippen LogP contribution in [0.3, 0.4) is 0 Å². The zero-order chi connectivity index (χ0) is 15.1. The predicted octanol–water partition coefficient (Wildman–Crippen LogP) is 2.61. The molecule has 1 aromatic carbocycles. The molecule has 4 nitrogen and oxygen atoms in total. The Labute approximate surface area is 127 Å². The largest absolute Gasteiger partial charge is 0.326 e. The van der Waals surface area contributed by atoms with Gasteiger partial charge in [-0.15, -0.1) is 0 Å². The first-order chi connectivity index (χ1) is 10.2. The lowest BCUT2D eigenvalue weighted by molar-refractivity contribution is -0.114. The fourth-order valence-corrected chi connectivity index (χ4v) is 2.93. The Morgan fingerprint density at radius 2 is 1.90 bits per heavy atom. The Balaban J connectivity index is 1.75. The highest BCUT2D eigenvalue weighted by Crippen LogP contribution is 2.14. The summed E-state index contributed by atoms with van der Waals surface area (Å²) in [4.78, 5) is 13.6. The topological polar surface area (TPSA) is 44.4 Å². The number of hydrogen-bond donors (Lipinski definition) is 2. The maximum atomic E-state index is 11.0. The summed E-state index contributed by atoms with van der Waals surface area (Å²) in [6.45, 7) is 8.23. The van der Waals surface area contributed by atoms with Crippen LogP contribution in [-0.2, 0) is 11.3 Å². The molecule has 0 aromatic heterocycles. The molecule has 1 saturated heterocycles. The lowest BCUT2D eigenvalue weighted by Crippen LogP contribution is -2.40. The summed E-state index contributed by atoms with van der Waals surface area (Å²) in [5, 5.41) is 6.35. The quantitative estimate of drug-likeness (QED) is 0.811. The second-order valence-corrected chi connectivity index (χ2v) is 5.81. The van der Waals surface area contributed by atoms with Crippen molar-refractivity contribution in [1.82, 2.24) is 10.2 Å². The van der Waals surface area contributed by atoms with Crippen LogP contribution in [0.2, 0.25) is 0 Å². The predicted molar refractivity (Wildman–Crippen MR) is 87.3 cm³/mol. The Bertz CT molecular complexity index is 438. The van der Waals surface area contributed by atoms with E-state index in [0.29, 0.717) is 6.04 Å². The van der Waals surface area contributed by atoms with Crippen molar-refractivity contribution in [1.29, 1.82) is 0 Å². The molecule has 1 atom stereocenters. The van der Waals surface area contributed by atoms with Gasteiger partial charge in [0.15, 0.2) is 0 Å². The highest BCUT2D eigenvalue weighted by atomic mass is 16.1. The van der Waals surface area contributed by atoms with Crippen LogP contribution in [0.1, 0.15) is 38.7 Å². The summed E-state index contributed by atoms with van der Waals surface area (Å²) in [7, 11) is 0. The molecule has 21 heavy (non-hydrogen) atoms. The molecule has 1 aliphatic heterocycles. The Morgan fingerprint density at radius 1 is 1.24 bits per heavy atom. The second kappa shape index (κ2) is 8.15. The number of hydrogen-bond acceptors (Lipinski definition) is 3. The van der Waals surface area contributed by atoms with Gasteiger partial charge in [-0.3, -0.25) is 9.69 Å². The molecule has 1 fully saturated rings. The molecule has 0 saturated carbocycles. The minimum atomic E-state index is -0.0303. The van der Waals surface area contributed by atoms with E-state index in [4.69, 9.17) is 0 Å². The summed E-state index contributed by atoms with van der Waals surface area (Å²) in [6, 6.07) is 8.70. The van der Waals surface area contributed by atoms with Crippen LogP contribution >= 0.6 is 0 Å². The first-order valence-electron chi connectivity index (χ1n) is 8.00. The minimum Gasteiger partial charge on any atom is -0.326 e. The van der Waals surface area contributed by atoms with Crippen molar-refractivity contribution >= 4 is 11.6 Å². The molecule has 2 rings (SSSR count). The molecule has 1 aliphatic rings. The summed E-state index contributed by atoms with van der Waals surface area (Å²) in [5.41, 5.74) is 2.11. The van der Waals surface area contributed by atoms with Gasteiger partial charge in [-0.05, 0) is 50.0 Å². The van der Waals surface area contributed by atoms with Crippen molar-refractivity contribution in [2.24, 2.45) is 0 Å². The smallest absolute Gasteiger partial charge is 0.221 e. The maximum absolute atomic E-state index is 11.0. The molecule has 1 heterocycles. The first-order valence-corrected chi connectivity index (χ1v) is 8.00. The average molecular weight is 289 g/mol. The highest BCUT2D eigenvalue weighted by Gasteiger charge is 2.19. The SMILES string of the molecule is CC[C@@H](CNCc1ccc(NC(C)=O)cc1)N1CCCC1. The van der Waals surface area contributed by atoms with Crippen LogP contribution in [-0.4, -0.2) is 36.5 Å². The average Bonchev–Trinajstić information content (AvgIpc) is 2.99. The molecule has 116 valence electrons. The summed E-state index contributed by atoms with van der Waals surface area (Å²) in [6.07, 6.45) is 3.90. The molecule has 2 N–H and O–H groups in total. The zero-order valence-corrected chi connectivity index (χ0v) is 13.2. The Hall–Kier alpha value is -1.39. The van der Waals surface area contributed by atoms with E-state index in [-0.39, 0.29) is 5.91 Å². The fraction of sp³-hybridized carbons (Fsp3) is 0.588. The van der Waals surface area contributed by atoms with Crippen molar-refractivity contribution in [2.45, 2.75) is 45.7 Å². The summed E-state index contributed by atoms with van der Waals surface area (Å²) in [5.74, 6) is -0.0303. The van der Waals surface area contributed by atoms with Gasteiger partial charge >= 0.3 is 0 Å². The van der Waals surface area contributed by atoms with Crippen LogP contribution < -0.4 is 10.6 Å². The molecule has 0 bridgehead atoms. The van der Waals surface area contributed by atoms with Crippen molar-refractivity contribution in [3.8, 4) is 0 Å². The molecular weight excluding hydrogens is 262 g/mol. The fourth-order valence-electron chi connectivity index (χ4n) is 2.93. The van der Waals surface area contributed by atoms with Crippen LogP contribution in [0.15, 0.2) is 24.3 Å². The van der Waals surface area contributed by atoms with Crippen LogP contribution in [0.5, 0.6) is 0 Å². The molecule has 1 amide bonds. The number of nitrogens with zero attached hydrogens (tertiary/aromatic N) is 1. The number of amides is 1. The van der Waals surface area contributed by atoms with E-state index in [0.717, 1.165) is 18.8 Å². The molecule has 0 aliphatic carbocycles. The highest BCUT2D eigenvalue weighted by molar-refractivity contribution is 5.88. The number of benzene rings is 1. The minimum absolute atomic E-state index is 0.0303. The molecule has 1 aromatic rings. The third kappa shape index (κ3) is 5.14. The zero-order valence-electron chi connectivity index (χ0n) is 13.2. The Kier molecular flexibility index (Phi) is 6.21. The van der Waals surface area contributed by atoms with Gasteiger partial charge in [-0.1, -0.05) is 19.1 Å². The number of likely N-dealkylation sites (tertiary alicyclic amines) is 1. The standard InChI is InChI=1S/C17H27N3O/c1-3-17(20-10-4-5-11-20)13-18-12-15-6-8-16(9-7-15)19-14(2)21/h6-9,17-18H,3-5,10-13H2,1-2H3,(H,19,21)/t17-/m0/s1. The maximum Gasteiger partial charge on any atom is 0.221 e. The molecule has 0 unspecified atom stereocenters. The molecule has 4 heteroatoms. The number of carbonyl (C=O) groups is 1. The number of rotatable bonds is 7. The van der Waals surface area contributed by atoms with Gasteiger partial charge in [0.2, 0.25) is 5.91 Å². The normalized spacial score (nSPS) is 16.9. The van der Waals surface area contributed by atoms with Crippen molar-refractivity contribution in [3.05, 3.63) is 29.8 Å². The van der Waals surface area contributed by atoms with Crippen LogP contribution in [0.25, 0.3) is 0 Å².